The average Bonchev–Trinajstić information content (AvgIpc) is 2.43. The maximum absolute atomic E-state index is 11.9. The van der Waals surface area contributed by atoms with E-state index in [4.69, 9.17) is 4.74 Å². The Kier molecular flexibility index (Phi) is 4.16. The molecule has 1 atom stereocenters. The first-order valence-electron chi connectivity index (χ1n) is 6.45. The number of hydrogen-bond acceptors (Lipinski definition) is 4. The van der Waals surface area contributed by atoms with Gasteiger partial charge in [0, 0.05) is 18.5 Å². The number of carbonyl (C=O) groups is 2. The monoisotopic (exact) mass is 262 g/mol. The molecule has 0 fully saturated rings. The van der Waals surface area contributed by atoms with Crippen molar-refractivity contribution in [2.24, 2.45) is 0 Å². The Hall–Kier alpha value is -1.88. The molecule has 0 saturated carbocycles. The fourth-order valence-corrected chi connectivity index (χ4v) is 1.98. The third-order valence-corrected chi connectivity index (χ3v) is 3.09. The van der Waals surface area contributed by atoms with Gasteiger partial charge >= 0.3 is 0 Å². The molecule has 0 aliphatic carbocycles. The first kappa shape index (κ1) is 13.5. The normalized spacial score (nSPS) is 17.4. The van der Waals surface area contributed by atoms with E-state index in [9.17, 15) is 9.59 Å². The van der Waals surface area contributed by atoms with Crippen LogP contribution in [0.5, 0.6) is 5.75 Å². The summed E-state index contributed by atoms with van der Waals surface area (Å²) in [7, 11) is 1.80. The number of benzene rings is 1. The summed E-state index contributed by atoms with van der Waals surface area (Å²) in [5.41, 5.74) is 1.16. The zero-order valence-corrected chi connectivity index (χ0v) is 11.2. The molecule has 1 aliphatic rings. The number of carbonyl (C=O) groups excluding carboxylic acids is 2. The summed E-state index contributed by atoms with van der Waals surface area (Å²) in [5.74, 6) is 0.510. The van der Waals surface area contributed by atoms with Gasteiger partial charge in [-0.05, 0) is 31.7 Å². The van der Waals surface area contributed by atoms with Crippen LogP contribution in [0.3, 0.4) is 0 Å². The number of fused-ring (bicyclic) bond motifs is 1. The average molecular weight is 262 g/mol. The van der Waals surface area contributed by atoms with Gasteiger partial charge in [-0.1, -0.05) is 6.92 Å². The molecule has 1 aromatic carbocycles. The van der Waals surface area contributed by atoms with Crippen LogP contribution in [0, 0.1) is 0 Å². The summed E-state index contributed by atoms with van der Waals surface area (Å²) in [6.45, 7) is 2.53. The fraction of sp³-hybridized carbons (Fsp3) is 0.429. The molecule has 0 radical (unpaired) electrons. The first-order valence-corrected chi connectivity index (χ1v) is 6.45. The standard InChI is InChI=1S/C14H18N2O3/c1-3-12-14(18)16-10-8-9(4-5-13(10)19-12)11(17)6-7-15-2/h4-5,8,12,15H,3,6-7H2,1-2H3,(H,16,18). The van der Waals surface area contributed by atoms with Gasteiger partial charge in [-0.15, -0.1) is 0 Å². The van der Waals surface area contributed by atoms with Crippen LogP contribution in [0.4, 0.5) is 5.69 Å². The van der Waals surface area contributed by atoms with Crippen LogP contribution in [0.15, 0.2) is 18.2 Å². The van der Waals surface area contributed by atoms with E-state index in [1.54, 1.807) is 25.2 Å². The molecule has 5 heteroatoms. The molecule has 19 heavy (non-hydrogen) atoms. The third-order valence-electron chi connectivity index (χ3n) is 3.09. The first-order chi connectivity index (χ1) is 9.15. The Morgan fingerprint density at radius 3 is 2.95 bits per heavy atom. The predicted octanol–water partition coefficient (Wildman–Crippen LogP) is 1.59. The van der Waals surface area contributed by atoms with Crippen molar-refractivity contribution < 1.29 is 14.3 Å². The molecule has 102 valence electrons. The number of rotatable bonds is 5. The largest absolute Gasteiger partial charge is 0.478 e. The molecule has 0 aromatic heterocycles. The number of Topliss-reactive ketones (excluding diaryl/α,β-unsaturated/α-hetero) is 1. The minimum Gasteiger partial charge on any atom is -0.478 e. The minimum atomic E-state index is -0.446. The van der Waals surface area contributed by atoms with Gasteiger partial charge in [0.15, 0.2) is 11.9 Å². The van der Waals surface area contributed by atoms with Crippen LogP contribution in [0.25, 0.3) is 0 Å². The highest BCUT2D eigenvalue weighted by Crippen LogP contribution is 2.31. The molecule has 0 saturated heterocycles. The Morgan fingerprint density at radius 1 is 1.47 bits per heavy atom. The lowest BCUT2D eigenvalue weighted by atomic mass is 10.1. The van der Waals surface area contributed by atoms with E-state index < -0.39 is 6.10 Å². The van der Waals surface area contributed by atoms with E-state index in [2.05, 4.69) is 10.6 Å². The maximum Gasteiger partial charge on any atom is 0.265 e. The molecule has 2 N–H and O–H groups in total. The minimum absolute atomic E-state index is 0.0454. The van der Waals surface area contributed by atoms with Crippen LogP contribution in [0.1, 0.15) is 30.1 Å². The van der Waals surface area contributed by atoms with Crippen molar-refractivity contribution in [2.45, 2.75) is 25.9 Å². The lowest BCUT2D eigenvalue weighted by Crippen LogP contribution is -2.36. The molecule has 0 spiro atoms. The SMILES string of the molecule is CCC1Oc2ccc(C(=O)CCNC)cc2NC1=O. The number of amides is 1. The molecular formula is C14H18N2O3. The second-order valence-electron chi connectivity index (χ2n) is 4.49. The van der Waals surface area contributed by atoms with Gasteiger partial charge < -0.3 is 15.4 Å². The quantitative estimate of drug-likeness (QED) is 0.791. The van der Waals surface area contributed by atoms with E-state index in [0.29, 0.717) is 36.4 Å². The van der Waals surface area contributed by atoms with Gasteiger partial charge in [0.2, 0.25) is 0 Å². The second kappa shape index (κ2) is 5.84. The summed E-state index contributed by atoms with van der Waals surface area (Å²) in [6.07, 6.45) is 0.605. The summed E-state index contributed by atoms with van der Waals surface area (Å²) in [6, 6.07) is 5.15. The van der Waals surface area contributed by atoms with E-state index >= 15 is 0 Å². The molecule has 1 unspecified atom stereocenters. The maximum atomic E-state index is 11.9. The van der Waals surface area contributed by atoms with Crippen LogP contribution >= 0.6 is 0 Å². The van der Waals surface area contributed by atoms with Crippen molar-refractivity contribution in [3.8, 4) is 5.75 Å². The Morgan fingerprint density at radius 2 is 2.26 bits per heavy atom. The van der Waals surface area contributed by atoms with Crippen molar-refractivity contribution in [3.63, 3.8) is 0 Å². The van der Waals surface area contributed by atoms with Gasteiger partial charge in [0.1, 0.15) is 5.75 Å². The number of hydrogen-bond donors (Lipinski definition) is 2. The lowest BCUT2D eigenvalue weighted by molar-refractivity contribution is -0.123. The molecule has 5 nitrogen and oxygen atoms in total. The smallest absolute Gasteiger partial charge is 0.265 e. The van der Waals surface area contributed by atoms with Crippen LogP contribution in [-0.4, -0.2) is 31.4 Å². The molecule has 1 amide bonds. The highest BCUT2D eigenvalue weighted by atomic mass is 16.5. The zero-order chi connectivity index (χ0) is 13.8. The van der Waals surface area contributed by atoms with Crippen molar-refractivity contribution in [1.29, 1.82) is 0 Å². The number of ketones is 1. The van der Waals surface area contributed by atoms with E-state index in [1.165, 1.54) is 0 Å². The Labute approximate surface area is 112 Å². The number of anilines is 1. The third kappa shape index (κ3) is 2.93. The van der Waals surface area contributed by atoms with Crippen molar-refractivity contribution in [3.05, 3.63) is 23.8 Å². The topological polar surface area (TPSA) is 67.4 Å². The summed E-state index contributed by atoms with van der Waals surface area (Å²) in [5, 5.41) is 5.72. The van der Waals surface area contributed by atoms with Crippen LogP contribution in [-0.2, 0) is 4.79 Å². The molecular weight excluding hydrogens is 244 g/mol. The van der Waals surface area contributed by atoms with Gasteiger partial charge in [-0.25, -0.2) is 0 Å². The highest BCUT2D eigenvalue weighted by Gasteiger charge is 2.26. The molecule has 1 aliphatic heterocycles. The second-order valence-corrected chi connectivity index (χ2v) is 4.49. The molecule has 1 aromatic rings. The van der Waals surface area contributed by atoms with E-state index in [1.807, 2.05) is 6.92 Å². The zero-order valence-electron chi connectivity index (χ0n) is 11.2. The lowest BCUT2D eigenvalue weighted by Gasteiger charge is -2.25. The Bertz CT molecular complexity index is 499. The van der Waals surface area contributed by atoms with Crippen molar-refractivity contribution >= 4 is 17.4 Å². The number of ether oxygens (including phenoxy) is 1. The summed E-state index contributed by atoms with van der Waals surface area (Å²) >= 11 is 0. The highest BCUT2D eigenvalue weighted by molar-refractivity contribution is 6.01. The van der Waals surface area contributed by atoms with Crippen LogP contribution in [0.2, 0.25) is 0 Å². The van der Waals surface area contributed by atoms with Crippen LogP contribution < -0.4 is 15.4 Å². The van der Waals surface area contributed by atoms with Gasteiger partial charge in [-0.3, -0.25) is 9.59 Å². The van der Waals surface area contributed by atoms with Gasteiger partial charge in [0.05, 0.1) is 5.69 Å². The predicted molar refractivity (Wildman–Crippen MR) is 72.7 cm³/mol. The van der Waals surface area contributed by atoms with Crippen molar-refractivity contribution in [1.82, 2.24) is 5.32 Å². The Balaban J connectivity index is 2.18. The molecule has 2 rings (SSSR count). The fourth-order valence-electron chi connectivity index (χ4n) is 1.98. The summed E-state index contributed by atoms with van der Waals surface area (Å²) < 4.78 is 5.57. The van der Waals surface area contributed by atoms with E-state index in [-0.39, 0.29) is 11.7 Å². The van der Waals surface area contributed by atoms with Crippen molar-refractivity contribution in [2.75, 3.05) is 18.9 Å². The van der Waals surface area contributed by atoms with Gasteiger partial charge in [-0.2, -0.15) is 0 Å². The van der Waals surface area contributed by atoms with E-state index in [0.717, 1.165) is 0 Å². The summed E-state index contributed by atoms with van der Waals surface area (Å²) in [4.78, 5) is 23.6. The number of nitrogens with one attached hydrogen (secondary N) is 2. The molecule has 0 bridgehead atoms. The van der Waals surface area contributed by atoms with Gasteiger partial charge in [0.25, 0.3) is 5.91 Å². The molecule has 1 heterocycles.